The standard InChI is InChI=1S/C25H22N2O4/c1-30-19-10-6-9-18(14-19)27-23(16-7-4-3-5-8-16)24(28)21-15-26-22-12-11-17(13-20(21)22)25(29)31-2/h3-15,23,26-27H,1-2H3. The van der Waals surface area contributed by atoms with Gasteiger partial charge in [-0.05, 0) is 35.9 Å². The fourth-order valence-electron chi connectivity index (χ4n) is 3.55. The van der Waals surface area contributed by atoms with Gasteiger partial charge in [-0.25, -0.2) is 4.79 Å². The number of methoxy groups -OCH3 is 2. The first-order chi connectivity index (χ1) is 15.1. The molecule has 0 fully saturated rings. The molecule has 0 saturated carbocycles. The average molecular weight is 414 g/mol. The van der Waals surface area contributed by atoms with Crippen molar-refractivity contribution in [2.45, 2.75) is 6.04 Å². The fourth-order valence-corrected chi connectivity index (χ4v) is 3.55. The molecule has 0 amide bonds. The van der Waals surface area contributed by atoms with Crippen LogP contribution in [-0.2, 0) is 4.74 Å². The van der Waals surface area contributed by atoms with Gasteiger partial charge in [-0.3, -0.25) is 4.79 Å². The third kappa shape index (κ3) is 4.14. The van der Waals surface area contributed by atoms with Crippen LogP contribution in [0.2, 0.25) is 0 Å². The maximum absolute atomic E-state index is 13.7. The van der Waals surface area contributed by atoms with Gasteiger partial charge in [0.25, 0.3) is 0 Å². The molecule has 0 aliphatic carbocycles. The van der Waals surface area contributed by atoms with Crippen molar-refractivity contribution in [3.63, 3.8) is 0 Å². The minimum atomic E-state index is -0.630. The van der Waals surface area contributed by atoms with E-state index in [0.717, 1.165) is 16.8 Å². The van der Waals surface area contributed by atoms with Crippen LogP contribution in [0.5, 0.6) is 5.75 Å². The summed E-state index contributed by atoms with van der Waals surface area (Å²) >= 11 is 0. The number of aromatic amines is 1. The summed E-state index contributed by atoms with van der Waals surface area (Å²) in [5, 5.41) is 4.00. The molecule has 0 bridgehead atoms. The summed E-state index contributed by atoms with van der Waals surface area (Å²) in [6, 6.07) is 21.4. The Balaban J connectivity index is 1.76. The largest absolute Gasteiger partial charge is 0.497 e. The Morgan fingerprint density at radius 3 is 2.48 bits per heavy atom. The first-order valence-electron chi connectivity index (χ1n) is 9.80. The minimum Gasteiger partial charge on any atom is -0.497 e. The van der Waals surface area contributed by atoms with Gasteiger partial charge in [-0.2, -0.15) is 0 Å². The second kappa shape index (κ2) is 8.75. The lowest BCUT2D eigenvalue weighted by atomic mass is 9.96. The highest BCUT2D eigenvalue weighted by Crippen LogP contribution is 2.29. The predicted octanol–water partition coefficient (Wildman–Crippen LogP) is 5.00. The number of H-pyrrole nitrogens is 1. The number of carbonyl (C=O) groups excluding carboxylic acids is 2. The number of anilines is 1. The number of hydrogen-bond acceptors (Lipinski definition) is 5. The zero-order valence-corrected chi connectivity index (χ0v) is 17.2. The molecule has 31 heavy (non-hydrogen) atoms. The van der Waals surface area contributed by atoms with Gasteiger partial charge in [0.05, 0.1) is 19.8 Å². The molecule has 0 spiro atoms. The van der Waals surface area contributed by atoms with E-state index in [2.05, 4.69) is 10.3 Å². The Bertz CT molecular complexity index is 1230. The van der Waals surface area contributed by atoms with Crippen LogP contribution in [0.1, 0.15) is 32.3 Å². The Hall–Kier alpha value is -4.06. The highest BCUT2D eigenvalue weighted by Gasteiger charge is 2.25. The van der Waals surface area contributed by atoms with Crippen molar-refractivity contribution >= 4 is 28.3 Å². The van der Waals surface area contributed by atoms with Gasteiger partial charge < -0.3 is 19.8 Å². The maximum atomic E-state index is 13.7. The van der Waals surface area contributed by atoms with Gasteiger partial charge in [0.2, 0.25) is 0 Å². The van der Waals surface area contributed by atoms with E-state index in [-0.39, 0.29) is 5.78 Å². The van der Waals surface area contributed by atoms with Crippen molar-refractivity contribution in [1.82, 2.24) is 4.98 Å². The summed E-state index contributed by atoms with van der Waals surface area (Å²) in [5.74, 6) is 0.122. The molecule has 2 N–H and O–H groups in total. The fraction of sp³-hybridized carbons (Fsp3) is 0.120. The van der Waals surface area contributed by atoms with Gasteiger partial charge in [0.15, 0.2) is 5.78 Å². The summed E-state index contributed by atoms with van der Waals surface area (Å²) in [6.45, 7) is 0. The predicted molar refractivity (Wildman–Crippen MR) is 120 cm³/mol. The van der Waals surface area contributed by atoms with Crippen molar-refractivity contribution in [2.75, 3.05) is 19.5 Å². The molecular formula is C25H22N2O4. The highest BCUT2D eigenvalue weighted by molar-refractivity contribution is 6.12. The topological polar surface area (TPSA) is 80.4 Å². The van der Waals surface area contributed by atoms with Crippen LogP contribution in [0.3, 0.4) is 0 Å². The molecule has 1 heterocycles. The van der Waals surface area contributed by atoms with Crippen LogP contribution in [0.4, 0.5) is 5.69 Å². The van der Waals surface area contributed by atoms with Gasteiger partial charge in [-0.15, -0.1) is 0 Å². The van der Waals surface area contributed by atoms with Crippen LogP contribution in [0.25, 0.3) is 10.9 Å². The SMILES string of the molecule is COC(=O)c1ccc2[nH]cc(C(=O)C(Nc3cccc(OC)c3)c3ccccc3)c2c1. The number of nitrogens with one attached hydrogen (secondary N) is 2. The van der Waals surface area contributed by atoms with Crippen molar-refractivity contribution < 1.29 is 19.1 Å². The monoisotopic (exact) mass is 414 g/mol. The molecule has 156 valence electrons. The van der Waals surface area contributed by atoms with E-state index in [4.69, 9.17) is 9.47 Å². The Labute approximate surface area is 179 Å². The smallest absolute Gasteiger partial charge is 0.337 e. The van der Waals surface area contributed by atoms with Crippen molar-refractivity contribution in [3.05, 3.63) is 95.7 Å². The molecular weight excluding hydrogens is 392 g/mol. The number of benzene rings is 3. The lowest BCUT2D eigenvalue weighted by Crippen LogP contribution is -2.21. The van der Waals surface area contributed by atoms with Gasteiger partial charge in [0.1, 0.15) is 11.8 Å². The lowest BCUT2D eigenvalue weighted by molar-refractivity contribution is 0.0600. The zero-order chi connectivity index (χ0) is 21.8. The maximum Gasteiger partial charge on any atom is 0.337 e. The molecule has 1 unspecified atom stereocenters. The summed E-state index contributed by atoms with van der Waals surface area (Å²) in [4.78, 5) is 28.8. The third-order valence-corrected chi connectivity index (χ3v) is 5.14. The lowest BCUT2D eigenvalue weighted by Gasteiger charge is -2.19. The molecule has 0 aliphatic rings. The third-order valence-electron chi connectivity index (χ3n) is 5.14. The number of aromatic nitrogens is 1. The number of carbonyl (C=O) groups is 2. The van der Waals surface area contributed by atoms with Gasteiger partial charge in [0, 0.05) is 34.4 Å². The van der Waals surface area contributed by atoms with Crippen LogP contribution >= 0.6 is 0 Å². The average Bonchev–Trinajstić information content (AvgIpc) is 3.25. The number of fused-ring (bicyclic) bond motifs is 1. The molecule has 3 aromatic carbocycles. The molecule has 0 saturated heterocycles. The van der Waals surface area contributed by atoms with E-state index in [1.807, 2.05) is 54.6 Å². The summed E-state index contributed by atoms with van der Waals surface area (Å²) in [5.41, 5.74) is 3.24. The Morgan fingerprint density at radius 2 is 1.74 bits per heavy atom. The molecule has 0 radical (unpaired) electrons. The Morgan fingerprint density at radius 1 is 0.935 bits per heavy atom. The van der Waals surface area contributed by atoms with E-state index < -0.39 is 12.0 Å². The molecule has 4 aromatic rings. The van der Waals surface area contributed by atoms with Crippen LogP contribution < -0.4 is 10.1 Å². The first kappa shape index (κ1) is 20.2. The molecule has 1 aromatic heterocycles. The number of ketones is 1. The van der Waals surface area contributed by atoms with Crippen LogP contribution in [0.15, 0.2) is 79.0 Å². The van der Waals surface area contributed by atoms with Crippen LogP contribution in [-0.4, -0.2) is 31.0 Å². The molecule has 6 nitrogen and oxygen atoms in total. The normalized spacial score (nSPS) is 11.7. The van der Waals surface area contributed by atoms with E-state index in [1.54, 1.807) is 31.5 Å². The second-order valence-corrected chi connectivity index (χ2v) is 7.04. The van der Waals surface area contributed by atoms with Crippen LogP contribution in [0, 0.1) is 0 Å². The first-order valence-corrected chi connectivity index (χ1v) is 9.80. The second-order valence-electron chi connectivity index (χ2n) is 7.04. The van der Waals surface area contributed by atoms with Crippen molar-refractivity contribution in [3.8, 4) is 5.75 Å². The van der Waals surface area contributed by atoms with E-state index in [9.17, 15) is 9.59 Å². The number of hydrogen-bond donors (Lipinski definition) is 2. The highest BCUT2D eigenvalue weighted by atomic mass is 16.5. The van der Waals surface area contributed by atoms with Gasteiger partial charge in [-0.1, -0.05) is 36.4 Å². The number of ether oxygens (including phenoxy) is 2. The van der Waals surface area contributed by atoms with Crippen molar-refractivity contribution in [2.24, 2.45) is 0 Å². The summed E-state index contributed by atoms with van der Waals surface area (Å²) in [6.07, 6.45) is 1.68. The molecule has 0 aliphatic heterocycles. The molecule has 6 heteroatoms. The number of rotatable bonds is 7. The minimum absolute atomic E-state index is 0.123. The zero-order valence-electron chi connectivity index (χ0n) is 17.2. The van der Waals surface area contributed by atoms with Crippen molar-refractivity contribution in [1.29, 1.82) is 0 Å². The summed E-state index contributed by atoms with van der Waals surface area (Å²) in [7, 11) is 2.93. The summed E-state index contributed by atoms with van der Waals surface area (Å²) < 4.78 is 10.1. The Kier molecular flexibility index (Phi) is 5.71. The quantitative estimate of drug-likeness (QED) is 0.329. The number of Topliss-reactive ketones (excluding diaryl/α,β-unsaturated/α-hetero) is 1. The molecule has 4 rings (SSSR count). The molecule has 1 atom stereocenters. The van der Waals surface area contributed by atoms with E-state index in [1.165, 1.54) is 7.11 Å². The van der Waals surface area contributed by atoms with E-state index >= 15 is 0 Å². The van der Waals surface area contributed by atoms with Gasteiger partial charge >= 0.3 is 5.97 Å². The number of esters is 1. The van der Waals surface area contributed by atoms with E-state index in [0.29, 0.717) is 22.3 Å².